The molecule has 112 valence electrons. The second-order valence-electron chi connectivity index (χ2n) is 6.53. The van der Waals surface area contributed by atoms with Crippen LogP contribution in [0, 0.1) is 11.8 Å². The van der Waals surface area contributed by atoms with Crippen LogP contribution in [0.2, 0.25) is 0 Å². The Labute approximate surface area is 123 Å². The number of aromatic nitrogens is 1. The molecule has 1 aliphatic rings. The lowest BCUT2D eigenvalue weighted by molar-refractivity contribution is 0.0994. The molecule has 0 bridgehead atoms. The van der Waals surface area contributed by atoms with Crippen molar-refractivity contribution in [2.45, 2.75) is 65.6 Å². The molecule has 1 aromatic rings. The van der Waals surface area contributed by atoms with Crippen molar-refractivity contribution in [3.63, 3.8) is 0 Å². The Morgan fingerprint density at radius 2 is 2.10 bits per heavy atom. The number of nitrogens with zero attached hydrogens (tertiary/aromatic N) is 1. The van der Waals surface area contributed by atoms with Crippen molar-refractivity contribution in [3.05, 3.63) is 24.0 Å². The zero-order chi connectivity index (χ0) is 14.5. The quantitative estimate of drug-likeness (QED) is 0.888. The number of pyridine rings is 1. The number of rotatable bonds is 5. The van der Waals surface area contributed by atoms with Crippen LogP contribution in [0.15, 0.2) is 18.5 Å². The zero-order valence-electron chi connectivity index (χ0n) is 13.2. The van der Waals surface area contributed by atoms with Gasteiger partial charge < -0.3 is 10.1 Å². The maximum Gasteiger partial charge on any atom is 0.127 e. The fourth-order valence-electron chi connectivity index (χ4n) is 2.76. The molecule has 1 saturated carbocycles. The van der Waals surface area contributed by atoms with Crippen LogP contribution >= 0.6 is 0 Å². The van der Waals surface area contributed by atoms with Gasteiger partial charge in [0.2, 0.25) is 0 Å². The molecule has 1 fully saturated rings. The highest BCUT2D eigenvalue weighted by atomic mass is 16.5. The molecule has 3 nitrogen and oxygen atoms in total. The molecule has 1 N–H and O–H groups in total. The highest BCUT2D eigenvalue weighted by Crippen LogP contribution is 2.32. The van der Waals surface area contributed by atoms with Crippen LogP contribution in [-0.2, 0) is 6.54 Å². The van der Waals surface area contributed by atoms with Gasteiger partial charge in [0, 0.05) is 30.5 Å². The molecule has 3 atom stereocenters. The normalized spacial score (nSPS) is 26.8. The summed E-state index contributed by atoms with van der Waals surface area (Å²) < 4.78 is 6.26. The Balaban J connectivity index is 1.98. The van der Waals surface area contributed by atoms with Crippen molar-refractivity contribution in [2.75, 3.05) is 0 Å². The van der Waals surface area contributed by atoms with E-state index in [2.05, 4.69) is 38.0 Å². The van der Waals surface area contributed by atoms with Crippen LogP contribution in [0.1, 0.15) is 52.5 Å². The molecule has 0 radical (unpaired) electrons. The van der Waals surface area contributed by atoms with Crippen LogP contribution in [-0.4, -0.2) is 17.1 Å². The van der Waals surface area contributed by atoms with Gasteiger partial charge in [0.05, 0.1) is 6.10 Å². The molecule has 3 unspecified atom stereocenters. The fraction of sp³-hybridized carbons (Fsp3) is 0.706. The predicted octanol–water partition coefficient (Wildman–Crippen LogP) is 3.78. The van der Waals surface area contributed by atoms with Gasteiger partial charge in [0.25, 0.3) is 0 Å². The molecule has 3 heteroatoms. The van der Waals surface area contributed by atoms with Crippen molar-refractivity contribution in [2.24, 2.45) is 11.8 Å². The van der Waals surface area contributed by atoms with E-state index in [1.165, 1.54) is 19.3 Å². The lowest BCUT2D eigenvalue weighted by Gasteiger charge is -2.32. The Morgan fingerprint density at radius 1 is 1.30 bits per heavy atom. The highest BCUT2D eigenvalue weighted by molar-refractivity contribution is 5.30. The molecule has 0 amide bonds. The van der Waals surface area contributed by atoms with Gasteiger partial charge in [0.15, 0.2) is 0 Å². The largest absolute Gasteiger partial charge is 0.490 e. The molecular weight excluding hydrogens is 248 g/mol. The first kappa shape index (κ1) is 15.3. The van der Waals surface area contributed by atoms with E-state index in [0.29, 0.717) is 12.1 Å². The summed E-state index contributed by atoms with van der Waals surface area (Å²) in [5.41, 5.74) is 1.16. The fourth-order valence-corrected chi connectivity index (χ4v) is 2.76. The van der Waals surface area contributed by atoms with Crippen molar-refractivity contribution >= 4 is 0 Å². The molecule has 1 heterocycles. The Hall–Kier alpha value is -1.09. The SMILES string of the molecule is CC(C)NCc1cnccc1OC1CCC(C)C(C)C1. The number of nitrogens with one attached hydrogen (secondary N) is 1. The van der Waals surface area contributed by atoms with Crippen molar-refractivity contribution in [3.8, 4) is 5.75 Å². The summed E-state index contributed by atoms with van der Waals surface area (Å²) in [5.74, 6) is 2.59. The Bertz CT molecular complexity index is 419. The van der Waals surface area contributed by atoms with Crippen LogP contribution in [0.4, 0.5) is 0 Å². The first-order valence-electron chi connectivity index (χ1n) is 7.89. The first-order valence-corrected chi connectivity index (χ1v) is 7.89. The monoisotopic (exact) mass is 276 g/mol. The summed E-state index contributed by atoms with van der Waals surface area (Å²) in [6, 6.07) is 2.47. The van der Waals surface area contributed by atoms with Crippen LogP contribution < -0.4 is 10.1 Å². The minimum atomic E-state index is 0.362. The predicted molar refractivity (Wildman–Crippen MR) is 82.8 cm³/mol. The summed E-state index contributed by atoms with van der Waals surface area (Å²) in [6.45, 7) is 9.82. The average molecular weight is 276 g/mol. The Morgan fingerprint density at radius 3 is 2.80 bits per heavy atom. The third-order valence-corrected chi connectivity index (χ3v) is 4.40. The van der Waals surface area contributed by atoms with Crippen molar-refractivity contribution in [1.29, 1.82) is 0 Å². The Kier molecular flexibility index (Phi) is 5.41. The van der Waals surface area contributed by atoms with Gasteiger partial charge in [-0.2, -0.15) is 0 Å². The molecule has 0 aromatic carbocycles. The number of hydrogen-bond donors (Lipinski definition) is 1. The summed E-state index contributed by atoms with van der Waals surface area (Å²) >= 11 is 0. The molecule has 20 heavy (non-hydrogen) atoms. The summed E-state index contributed by atoms with van der Waals surface area (Å²) in [6.07, 6.45) is 7.71. The van der Waals surface area contributed by atoms with E-state index in [4.69, 9.17) is 4.74 Å². The molecule has 2 rings (SSSR count). The minimum Gasteiger partial charge on any atom is -0.490 e. The highest BCUT2D eigenvalue weighted by Gasteiger charge is 2.26. The molecular formula is C17H28N2O. The standard InChI is InChI=1S/C17H28N2O/c1-12(2)19-11-15-10-18-8-7-17(15)20-16-6-5-13(3)14(4)9-16/h7-8,10,12-14,16,19H,5-6,9,11H2,1-4H3. The van der Waals surface area contributed by atoms with Crippen LogP contribution in [0.5, 0.6) is 5.75 Å². The minimum absolute atomic E-state index is 0.362. The lowest BCUT2D eigenvalue weighted by atomic mass is 9.80. The maximum atomic E-state index is 6.26. The smallest absolute Gasteiger partial charge is 0.127 e. The van der Waals surface area contributed by atoms with Gasteiger partial charge in [-0.05, 0) is 37.2 Å². The zero-order valence-corrected chi connectivity index (χ0v) is 13.2. The lowest BCUT2D eigenvalue weighted by Crippen LogP contribution is -2.29. The summed E-state index contributed by atoms with van der Waals surface area (Å²) in [5, 5.41) is 3.44. The van der Waals surface area contributed by atoms with E-state index >= 15 is 0 Å². The first-order chi connectivity index (χ1) is 9.56. The van der Waals surface area contributed by atoms with E-state index in [0.717, 1.165) is 29.7 Å². The molecule has 1 aliphatic carbocycles. The second-order valence-corrected chi connectivity index (χ2v) is 6.53. The van der Waals surface area contributed by atoms with Crippen LogP contribution in [0.3, 0.4) is 0 Å². The van der Waals surface area contributed by atoms with Gasteiger partial charge in [-0.1, -0.05) is 27.7 Å². The maximum absolute atomic E-state index is 6.26. The molecule has 0 aliphatic heterocycles. The van der Waals surface area contributed by atoms with Gasteiger partial charge >= 0.3 is 0 Å². The molecule has 0 spiro atoms. The van der Waals surface area contributed by atoms with E-state index in [1.807, 2.05) is 18.5 Å². The van der Waals surface area contributed by atoms with Gasteiger partial charge in [-0.15, -0.1) is 0 Å². The van der Waals surface area contributed by atoms with Crippen LogP contribution in [0.25, 0.3) is 0 Å². The molecule has 1 aromatic heterocycles. The number of ether oxygens (including phenoxy) is 1. The third kappa shape index (κ3) is 4.20. The van der Waals surface area contributed by atoms with E-state index in [1.54, 1.807) is 0 Å². The van der Waals surface area contributed by atoms with Crippen molar-refractivity contribution < 1.29 is 4.74 Å². The second kappa shape index (κ2) is 7.07. The van der Waals surface area contributed by atoms with E-state index < -0.39 is 0 Å². The number of hydrogen-bond acceptors (Lipinski definition) is 3. The topological polar surface area (TPSA) is 34.2 Å². The van der Waals surface area contributed by atoms with Gasteiger partial charge in [0.1, 0.15) is 5.75 Å². The van der Waals surface area contributed by atoms with Gasteiger partial charge in [-0.3, -0.25) is 4.98 Å². The summed E-state index contributed by atoms with van der Waals surface area (Å²) in [7, 11) is 0. The third-order valence-electron chi connectivity index (χ3n) is 4.40. The molecule has 0 saturated heterocycles. The van der Waals surface area contributed by atoms with Crippen molar-refractivity contribution in [1.82, 2.24) is 10.3 Å². The van der Waals surface area contributed by atoms with Gasteiger partial charge in [-0.25, -0.2) is 0 Å². The van der Waals surface area contributed by atoms with E-state index in [9.17, 15) is 0 Å². The van der Waals surface area contributed by atoms with E-state index in [-0.39, 0.29) is 0 Å². The average Bonchev–Trinajstić information content (AvgIpc) is 2.42. The summed E-state index contributed by atoms with van der Waals surface area (Å²) in [4.78, 5) is 4.22.